The first kappa shape index (κ1) is 29.8. The minimum absolute atomic E-state index is 0.0693. The van der Waals surface area contributed by atoms with E-state index in [0.29, 0.717) is 5.56 Å². The first-order valence-corrected chi connectivity index (χ1v) is 10.6. The van der Waals surface area contributed by atoms with E-state index in [1.54, 1.807) is 0 Å². The number of rotatable bonds is 15. The number of nitrogens with two attached hydrogens (primary N) is 1. The molecule has 1 aromatic carbocycles. The molecule has 0 aliphatic rings. The number of hydrogen-bond acceptors (Lipinski definition) is 9. The SMILES string of the molecule is NC(CO)C(=O)NC(Cc1ccc(O)cc1)C(=O)NC(CC(=O)O)C(=O)NC(CCC(=O)O)C(=O)O. The van der Waals surface area contributed by atoms with Crippen molar-refractivity contribution in [1.29, 1.82) is 0 Å². The van der Waals surface area contributed by atoms with Gasteiger partial charge in [-0.3, -0.25) is 24.0 Å². The van der Waals surface area contributed by atoms with Crippen LogP contribution in [0.5, 0.6) is 5.75 Å². The number of aliphatic hydroxyl groups is 1. The Morgan fingerprint density at radius 1 is 0.778 bits per heavy atom. The highest BCUT2D eigenvalue weighted by Gasteiger charge is 2.32. The molecule has 0 radical (unpaired) electrons. The number of carboxylic acids is 3. The lowest BCUT2D eigenvalue weighted by molar-refractivity contribution is -0.144. The highest BCUT2D eigenvalue weighted by Crippen LogP contribution is 2.12. The Morgan fingerprint density at radius 2 is 1.31 bits per heavy atom. The second-order valence-electron chi connectivity index (χ2n) is 7.71. The summed E-state index contributed by atoms with van der Waals surface area (Å²) >= 11 is 0. The van der Waals surface area contributed by atoms with Crippen molar-refractivity contribution in [2.75, 3.05) is 6.61 Å². The largest absolute Gasteiger partial charge is 0.508 e. The van der Waals surface area contributed by atoms with E-state index in [1.807, 2.05) is 5.32 Å². The fraction of sp³-hybridized carbons (Fsp3) is 0.429. The molecule has 0 aliphatic carbocycles. The van der Waals surface area contributed by atoms with Crippen LogP contribution in [0.3, 0.4) is 0 Å². The van der Waals surface area contributed by atoms with Gasteiger partial charge in [0, 0.05) is 12.8 Å². The molecule has 0 heterocycles. The molecule has 3 amide bonds. The second-order valence-corrected chi connectivity index (χ2v) is 7.71. The number of carbonyl (C=O) groups is 6. The van der Waals surface area contributed by atoms with Crippen LogP contribution in [-0.4, -0.2) is 91.9 Å². The van der Waals surface area contributed by atoms with Gasteiger partial charge >= 0.3 is 17.9 Å². The van der Waals surface area contributed by atoms with Crippen molar-refractivity contribution in [3.63, 3.8) is 0 Å². The average Bonchev–Trinajstić information content (AvgIpc) is 2.80. The average molecular weight is 512 g/mol. The molecular weight excluding hydrogens is 484 g/mol. The maximum atomic E-state index is 12.9. The Morgan fingerprint density at radius 3 is 1.81 bits per heavy atom. The van der Waals surface area contributed by atoms with Crippen molar-refractivity contribution in [2.24, 2.45) is 5.73 Å². The van der Waals surface area contributed by atoms with Crippen LogP contribution < -0.4 is 21.7 Å². The van der Waals surface area contributed by atoms with Gasteiger partial charge in [0.05, 0.1) is 13.0 Å². The van der Waals surface area contributed by atoms with Crippen molar-refractivity contribution in [3.05, 3.63) is 29.8 Å². The Hall–Kier alpha value is -4.24. The van der Waals surface area contributed by atoms with Gasteiger partial charge in [-0.2, -0.15) is 0 Å². The number of carbonyl (C=O) groups excluding carboxylic acids is 3. The molecule has 0 aromatic heterocycles. The van der Waals surface area contributed by atoms with Gasteiger partial charge < -0.3 is 47.2 Å². The number of benzene rings is 1. The third-order valence-electron chi connectivity index (χ3n) is 4.82. The summed E-state index contributed by atoms with van der Waals surface area (Å²) in [6.45, 7) is -0.740. The lowest BCUT2D eigenvalue weighted by Crippen LogP contribution is -2.58. The summed E-state index contributed by atoms with van der Waals surface area (Å²) in [5.41, 5.74) is 5.91. The standard InChI is InChI=1S/C21H28N4O11/c22-12(9-26)18(32)24-14(7-10-1-3-11(27)4-2-10)19(33)25-15(8-17(30)31)20(34)23-13(21(35)36)5-6-16(28)29/h1-4,12-15,26-27H,5-9,22H2,(H,23,34)(H,24,32)(H,25,33)(H,28,29)(H,30,31)(H,35,36). The van der Waals surface area contributed by atoms with E-state index in [0.717, 1.165) is 0 Å². The van der Waals surface area contributed by atoms with E-state index in [2.05, 4.69) is 10.6 Å². The predicted octanol–water partition coefficient (Wildman–Crippen LogP) is -2.87. The van der Waals surface area contributed by atoms with Crippen molar-refractivity contribution < 1.29 is 54.3 Å². The number of aromatic hydroxyl groups is 1. The van der Waals surface area contributed by atoms with Crippen LogP contribution in [0.25, 0.3) is 0 Å². The van der Waals surface area contributed by atoms with Crippen LogP contribution in [0.4, 0.5) is 0 Å². The van der Waals surface area contributed by atoms with E-state index in [4.69, 9.17) is 21.1 Å². The molecule has 15 heteroatoms. The van der Waals surface area contributed by atoms with Crippen LogP contribution in [0, 0.1) is 0 Å². The van der Waals surface area contributed by atoms with Gasteiger partial charge in [0.1, 0.15) is 29.9 Å². The Kier molecular flexibility index (Phi) is 11.8. The Bertz CT molecular complexity index is 967. The van der Waals surface area contributed by atoms with Gasteiger partial charge in [-0.05, 0) is 24.1 Å². The van der Waals surface area contributed by atoms with Crippen molar-refractivity contribution in [2.45, 2.75) is 49.9 Å². The summed E-state index contributed by atoms with van der Waals surface area (Å²) in [6, 6.07) is -0.742. The van der Waals surface area contributed by atoms with E-state index in [-0.39, 0.29) is 12.2 Å². The second kappa shape index (κ2) is 14.2. The molecule has 0 fully saturated rings. The zero-order chi connectivity index (χ0) is 27.4. The van der Waals surface area contributed by atoms with E-state index in [9.17, 15) is 39.0 Å². The van der Waals surface area contributed by atoms with Gasteiger partial charge in [-0.15, -0.1) is 0 Å². The van der Waals surface area contributed by atoms with E-state index >= 15 is 0 Å². The molecular formula is C21H28N4O11. The molecule has 0 aliphatic heterocycles. The molecule has 10 N–H and O–H groups in total. The number of aliphatic carboxylic acids is 3. The number of carboxylic acid groups (broad SMARTS) is 3. The normalized spacial score (nSPS) is 13.9. The first-order chi connectivity index (χ1) is 16.8. The lowest BCUT2D eigenvalue weighted by atomic mass is 10.0. The molecule has 0 bridgehead atoms. The zero-order valence-electron chi connectivity index (χ0n) is 18.9. The van der Waals surface area contributed by atoms with Gasteiger partial charge in [0.25, 0.3) is 0 Å². The van der Waals surface area contributed by atoms with Crippen molar-refractivity contribution >= 4 is 35.6 Å². The molecule has 1 rings (SSSR count). The fourth-order valence-electron chi connectivity index (χ4n) is 2.89. The summed E-state index contributed by atoms with van der Waals surface area (Å²) in [5, 5.41) is 52.0. The molecule has 4 atom stereocenters. The Balaban J connectivity index is 3.11. The summed E-state index contributed by atoms with van der Waals surface area (Å²) in [4.78, 5) is 71.1. The van der Waals surface area contributed by atoms with Gasteiger partial charge in [-0.1, -0.05) is 12.1 Å². The quantitative estimate of drug-likeness (QED) is 0.115. The van der Waals surface area contributed by atoms with Gasteiger partial charge in [0.15, 0.2) is 0 Å². The highest BCUT2D eigenvalue weighted by atomic mass is 16.4. The zero-order valence-corrected chi connectivity index (χ0v) is 18.9. The summed E-state index contributed by atoms with van der Waals surface area (Å²) in [6.07, 6.45) is -2.24. The molecule has 36 heavy (non-hydrogen) atoms. The summed E-state index contributed by atoms with van der Waals surface area (Å²) < 4.78 is 0. The smallest absolute Gasteiger partial charge is 0.326 e. The lowest BCUT2D eigenvalue weighted by Gasteiger charge is -2.24. The van der Waals surface area contributed by atoms with Crippen LogP contribution in [0.2, 0.25) is 0 Å². The molecule has 198 valence electrons. The van der Waals surface area contributed by atoms with Crippen LogP contribution in [0.15, 0.2) is 24.3 Å². The fourth-order valence-corrected chi connectivity index (χ4v) is 2.89. The number of aliphatic hydroxyl groups excluding tert-OH is 1. The number of phenols is 1. The summed E-state index contributed by atoms with van der Waals surface area (Å²) in [5.74, 6) is -7.63. The molecule has 0 saturated heterocycles. The van der Waals surface area contributed by atoms with Gasteiger partial charge in [0.2, 0.25) is 17.7 Å². The van der Waals surface area contributed by atoms with Crippen LogP contribution in [-0.2, 0) is 35.2 Å². The van der Waals surface area contributed by atoms with Gasteiger partial charge in [-0.25, -0.2) is 4.79 Å². The number of nitrogens with one attached hydrogen (secondary N) is 3. The Labute approximate surface area is 204 Å². The number of amides is 3. The van der Waals surface area contributed by atoms with Crippen molar-refractivity contribution in [3.8, 4) is 5.75 Å². The minimum Gasteiger partial charge on any atom is -0.508 e. The molecule has 15 nitrogen and oxygen atoms in total. The molecule has 0 saturated carbocycles. The van der Waals surface area contributed by atoms with Crippen molar-refractivity contribution in [1.82, 2.24) is 16.0 Å². The van der Waals surface area contributed by atoms with Crippen LogP contribution >= 0.6 is 0 Å². The third-order valence-corrected chi connectivity index (χ3v) is 4.82. The molecule has 1 aromatic rings. The van der Waals surface area contributed by atoms with E-state index < -0.39 is 85.7 Å². The number of hydrogen-bond donors (Lipinski definition) is 9. The summed E-state index contributed by atoms with van der Waals surface area (Å²) in [7, 11) is 0. The van der Waals surface area contributed by atoms with Crippen LogP contribution in [0.1, 0.15) is 24.8 Å². The highest BCUT2D eigenvalue weighted by molar-refractivity contribution is 5.95. The predicted molar refractivity (Wildman–Crippen MR) is 119 cm³/mol. The first-order valence-electron chi connectivity index (χ1n) is 10.6. The third kappa shape index (κ3) is 10.4. The maximum Gasteiger partial charge on any atom is 0.326 e. The monoisotopic (exact) mass is 512 g/mol. The van der Waals surface area contributed by atoms with E-state index in [1.165, 1.54) is 24.3 Å². The number of phenolic OH excluding ortho intramolecular Hbond substituents is 1. The molecule has 4 unspecified atom stereocenters. The minimum atomic E-state index is -1.78. The maximum absolute atomic E-state index is 12.9. The molecule has 0 spiro atoms. The topological polar surface area (TPSA) is 266 Å².